The van der Waals surface area contributed by atoms with Crippen molar-refractivity contribution >= 4 is 11.3 Å². The van der Waals surface area contributed by atoms with Gasteiger partial charge in [0.2, 0.25) is 0 Å². The molecule has 104 valence electrons. The Balaban J connectivity index is 1.69. The Morgan fingerprint density at radius 3 is 3.16 bits per heavy atom. The molecular weight excluding hydrogens is 260 g/mol. The summed E-state index contributed by atoms with van der Waals surface area (Å²) in [5, 5.41) is 8.66. The first kappa shape index (κ1) is 14.5. The first-order valence-corrected chi connectivity index (χ1v) is 7.58. The topological polar surface area (TPSA) is 38.7 Å². The van der Waals surface area contributed by atoms with Gasteiger partial charge in [-0.2, -0.15) is 0 Å². The highest BCUT2D eigenvalue weighted by molar-refractivity contribution is 7.12. The lowest BCUT2D eigenvalue weighted by molar-refractivity contribution is -0.0443. The van der Waals surface area contributed by atoms with Crippen LogP contribution < -0.4 is 0 Å². The van der Waals surface area contributed by atoms with Crippen LogP contribution in [0.5, 0.6) is 0 Å². The van der Waals surface area contributed by atoms with E-state index in [0.717, 1.165) is 17.9 Å². The van der Waals surface area contributed by atoms with E-state index in [-0.39, 0.29) is 12.7 Å². The second-order valence-corrected chi connectivity index (χ2v) is 5.71. The van der Waals surface area contributed by atoms with E-state index in [1.165, 1.54) is 17.7 Å². The molecule has 0 aromatic carbocycles. The fraction of sp³-hybridized carbons (Fsp3) is 0.600. The Bertz CT molecular complexity index is 424. The molecule has 2 rings (SSSR count). The Morgan fingerprint density at radius 1 is 1.42 bits per heavy atom. The highest BCUT2D eigenvalue weighted by atomic mass is 32.1. The van der Waals surface area contributed by atoms with Crippen LogP contribution in [0, 0.1) is 11.8 Å². The van der Waals surface area contributed by atoms with Gasteiger partial charge in [0.15, 0.2) is 0 Å². The number of rotatable bonds is 5. The van der Waals surface area contributed by atoms with E-state index in [0.29, 0.717) is 19.6 Å². The first-order chi connectivity index (χ1) is 9.38. The predicted molar refractivity (Wildman–Crippen MR) is 76.1 cm³/mol. The van der Waals surface area contributed by atoms with Crippen molar-refractivity contribution < 1.29 is 14.6 Å². The molecule has 0 saturated carbocycles. The Labute approximate surface area is 118 Å². The molecule has 1 aliphatic heterocycles. The second-order valence-electron chi connectivity index (χ2n) is 4.55. The van der Waals surface area contributed by atoms with Gasteiger partial charge in [0, 0.05) is 17.9 Å². The maximum Gasteiger partial charge on any atom is 0.0811 e. The quantitative estimate of drug-likeness (QED) is 0.843. The maximum atomic E-state index is 8.66. The van der Waals surface area contributed by atoms with Crippen LogP contribution in [0.3, 0.4) is 0 Å². The zero-order chi connectivity index (χ0) is 13.3. The standard InChI is InChI=1S/C15H20O3S/c16-9-3-1-6-14-7-8-15(19-14)12-17-11-13-5-2-4-10-18-13/h7-8,13,16H,2-5,9-12H2. The van der Waals surface area contributed by atoms with E-state index in [1.54, 1.807) is 11.3 Å². The molecule has 1 unspecified atom stereocenters. The molecular formula is C15H20O3S. The summed E-state index contributed by atoms with van der Waals surface area (Å²) in [4.78, 5) is 2.21. The third kappa shape index (κ3) is 5.33. The van der Waals surface area contributed by atoms with Gasteiger partial charge in [-0.15, -0.1) is 11.3 Å². The molecule has 3 nitrogen and oxygen atoms in total. The van der Waals surface area contributed by atoms with Crippen LogP contribution in [0.1, 0.15) is 35.4 Å². The van der Waals surface area contributed by atoms with Gasteiger partial charge in [0.05, 0.1) is 30.8 Å². The minimum absolute atomic E-state index is 0.121. The zero-order valence-electron chi connectivity index (χ0n) is 11.1. The molecule has 0 amide bonds. The van der Waals surface area contributed by atoms with E-state index in [4.69, 9.17) is 14.6 Å². The normalized spacial score (nSPS) is 18.9. The lowest BCUT2D eigenvalue weighted by atomic mass is 10.1. The van der Waals surface area contributed by atoms with Crippen molar-refractivity contribution in [3.63, 3.8) is 0 Å². The summed E-state index contributed by atoms with van der Waals surface area (Å²) >= 11 is 1.65. The number of thiophene rings is 1. The van der Waals surface area contributed by atoms with Crippen LogP contribution >= 0.6 is 11.3 Å². The fourth-order valence-electron chi connectivity index (χ4n) is 1.96. The van der Waals surface area contributed by atoms with Crippen molar-refractivity contribution in [2.75, 3.05) is 19.8 Å². The van der Waals surface area contributed by atoms with Crippen molar-refractivity contribution in [3.05, 3.63) is 21.9 Å². The smallest absolute Gasteiger partial charge is 0.0811 e. The molecule has 1 saturated heterocycles. The first-order valence-electron chi connectivity index (χ1n) is 6.76. The Hall–Kier alpha value is -0.860. The van der Waals surface area contributed by atoms with Crippen LogP contribution in [-0.4, -0.2) is 31.0 Å². The second kappa shape index (κ2) is 8.34. The van der Waals surface area contributed by atoms with Crippen LogP contribution in [-0.2, 0) is 16.1 Å². The summed E-state index contributed by atoms with van der Waals surface area (Å²) in [6.45, 7) is 2.31. The number of hydrogen-bond donors (Lipinski definition) is 1. The molecule has 1 atom stereocenters. The summed E-state index contributed by atoms with van der Waals surface area (Å²) < 4.78 is 11.3. The maximum absolute atomic E-state index is 8.66. The van der Waals surface area contributed by atoms with Gasteiger partial charge in [-0.1, -0.05) is 11.8 Å². The predicted octanol–water partition coefficient (Wildman–Crippen LogP) is 2.57. The zero-order valence-corrected chi connectivity index (χ0v) is 11.9. The number of hydrogen-bond acceptors (Lipinski definition) is 4. The number of aliphatic hydroxyl groups is 1. The average molecular weight is 280 g/mol. The Kier molecular flexibility index (Phi) is 6.38. The largest absolute Gasteiger partial charge is 0.395 e. The van der Waals surface area contributed by atoms with Crippen molar-refractivity contribution in [2.24, 2.45) is 0 Å². The van der Waals surface area contributed by atoms with Crippen LogP contribution in [0.15, 0.2) is 12.1 Å². The van der Waals surface area contributed by atoms with Gasteiger partial charge in [0.1, 0.15) is 0 Å². The van der Waals surface area contributed by atoms with Gasteiger partial charge in [-0.25, -0.2) is 0 Å². The lowest BCUT2D eigenvalue weighted by Crippen LogP contribution is -2.24. The van der Waals surface area contributed by atoms with Crippen molar-refractivity contribution in [3.8, 4) is 11.8 Å². The molecule has 0 radical (unpaired) electrons. The Morgan fingerprint density at radius 2 is 2.37 bits per heavy atom. The van der Waals surface area contributed by atoms with E-state index >= 15 is 0 Å². The van der Waals surface area contributed by atoms with Gasteiger partial charge in [-0.05, 0) is 31.4 Å². The van der Waals surface area contributed by atoms with Crippen LogP contribution in [0.4, 0.5) is 0 Å². The molecule has 2 heterocycles. The monoisotopic (exact) mass is 280 g/mol. The van der Waals surface area contributed by atoms with E-state index in [2.05, 4.69) is 17.9 Å². The summed E-state index contributed by atoms with van der Waals surface area (Å²) in [7, 11) is 0. The lowest BCUT2D eigenvalue weighted by Gasteiger charge is -2.22. The SMILES string of the molecule is OCCC#Cc1ccc(COCC2CCCCO2)s1. The highest BCUT2D eigenvalue weighted by Crippen LogP contribution is 2.18. The molecule has 1 fully saturated rings. The van der Waals surface area contributed by atoms with Crippen molar-refractivity contribution in [1.29, 1.82) is 0 Å². The van der Waals surface area contributed by atoms with Crippen LogP contribution in [0.25, 0.3) is 0 Å². The van der Waals surface area contributed by atoms with Crippen molar-refractivity contribution in [2.45, 2.75) is 38.4 Å². The van der Waals surface area contributed by atoms with Crippen molar-refractivity contribution in [1.82, 2.24) is 0 Å². The molecule has 0 bridgehead atoms. The van der Waals surface area contributed by atoms with Gasteiger partial charge in [0.25, 0.3) is 0 Å². The molecule has 19 heavy (non-hydrogen) atoms. The van der Waals surface area contributed by atoms with E-state index in [9.17, 15) is 0 Å². The number of ether oxygens (including phenoxy) is 2. The highest BCUT2D eigenvalue weighted by Gasteiger charge is 2.13. The molecule has 0 spiro atoms. The molecule has 4 heteroatoms. The third-order valence-electron chi connectivity index (χ3n) is 2.93. The van der Waals surface area contributed by atoms with Crippen LogP contribution in [0.2, 0.25) is 0 Å². The summed E-state index contributed by atoms with van der Waals surface area (Å²) in [5.41, 5.74) is 0. The molecule has 1 aromatic rings. The average Bonchev–Trinajstić information content (AvgIpc) is 2.88. The van der Waals surface area contributed by atoms with Gasteiger partial charge >= 0.3 is 0 Å². The molecule has 1 aliphatic rings. The summed E-state index contributed by atoms with van der Waals surface area (Å²) in [5.74, 6) is 5.96. The number of aliphatic hydroxyl groups excluding tert-OH is 1. The van der Waals surface area contributed by atoms with Gasteiger partial charge in [-0.3, -0.25) is 0 Å². The molecule has 1 N–H and O–H groups in total. The third-order valence-corrected chi connectivity index (χ3v) is 3.91. The molecule has 1 aromatic heterocycles. The van der Waals surface area contributed by atoms with E-state index < -0.39 is 0 Å². The summed E-state index contributed by atoms with van der Waals surface area (Å²) in [6, 6.07) is 4.06. The van der Waals surface area contributed by atoms with E-state index in [1.807, 2.05) is 6.07 Å². The minimum atomic E-state index is 0.121. The summed E-state index contributed by atoms with van der Waals surface area (Å²) in [6.07, 6.45) is 4.34. The fourth-order valence-corrected chi connectivity index (χ4v) is 2.78. The van der Waals surface area contributed by atoms with Gasteiger partial charge < -0.3 is 14.6 Å². The minimum Gasteiger partial charge on any atom is -0.395 e. The molecule has 0 aliphatic carbocycles.